The van der Waals surface area contributed by atoms with Crippen molar-refractivity contribution in [2.45, 2.75) is 83.8 Å². The largest absolute Gasteiger partial charge is 0.393 e. The van der Waals surface area contributed by atoms with Crippen LogP contribution in [0, 0.1) is 40.4 Å². The molecule has 0 aliphatic heterocycles. The second kappa shape index (κ2) is 6.25. The quantitative estimate of drug-likeness (QED) is 0.712. The van der Waals surface area contributed by atoms with Gasteiger partial charge in [0.15, 0.2) is 0 Å². The number of fused-ring (bicyclic) bond motifs is 5. The van der Waals surface area contributed by atoms with E-state index in [4.69, 9.17) is 0 Å². The third-order valence-corrected chi connectivity index (χ3v) is 9.41. The third-order valence-electron chi connectivity index (χ3n) is 9.41. The standard InChI is InChI=1S/C23H36O2/c1-4-5-21(25)20-9-8-18-17-7-6-15-14-16(24)10-12-22(15,2)19(17)11-13-23(18,20)3/h5,15-21,24-25H,1,6-14H2,2-3H3/t15-,16+,17-,18-,19-,20+,21+,22-,23-/m0/s1. The van der Waals surface area contributed by atoms with Crippen molar-refractivity contribution in [3.8, 4) is 0 Å². The maximum atomic E-state index is 10.6. The molecule has 0 radical (unpaired) electrons. The van der Waals surface area contributed by atoms with Crippen LogP contribution in [0.1, 0.15) is 71.6 Å². The molecule has 4 saturated carbocycles. The zero-order valence-electron chi connectivity index (χ0n) is 16.1. The summed E-state index contributed by atoms with van der Waals surface area (Å²) < 4.78 is 0. The van der Waals surface area contributed by atoms with Crippen molar-refractivity contribution in [2.75, 3.05) is 0 Å². The van der Waals surface area contributed by atoms with Gasteiger partial charge in [-0.1, -0.05) is 20.4 Å². The maximum absolute atomic E-state index is 10.6. The van der Waals surface area contributed by atoms with Gasteiger partial charge in [0.2, 0.25) is 0 Å². The Bertz CT molecular complexity index is 564. The van der Waals surface area contributed by atoms with E-state index in [9.17, 15) is 10.2 Å². The fraction of sp³-hybridized carbons (Fsp3) is 0.870. The fourth-order valence-electron chi connectivity index (χ4n) is 8.07. The van der Waals surface area contributed by atoms with Crippen LogP contribution in [0.4, 0.5) is 0 Å². The van der Waals surface area contributed by atoms with Crippen molar-refractivity contribution in [2.24, 2.45) is 40.4 Å². The van der Waals surface area contributed by atoms with E-state index in [-0.39, 0.29) is 17.6 Å². The second-order valence-corrected chi connectivity index (χ2v) is 10.2. The molecule has 4 aliphatic carbocycles. The molecular weight excluding hydrogens is 308 g/mol. The molecule has 9 atom stereocenters. The van der Waals surface area contributed by atoms with Crippen LogP contribution < -0.4 is 0 Å². The van der Waals surface area contributed by atoms with Crippen LogP contribution in [0.15, 0.2) is 18.4 Å². The van der Waals surface area contributed by atoms with Crippen molar-refractivity contribution in [1.29, 1.82) is 0 Å². The lowest BCUT2D eigenvalue weighted by Gasteiger charge is -2.61. The van der Waals surface area contributed by atoms with Gasteiger partial charge in [0.25, 0.3) is 0 Å². The Morgan fingerprint density at radius 3 is 2.48 bits per heavy atom. The summed E-state index contributed by atoms with van der Waals surface area (Å²) in [6.07, 6.45) is 12.3. The molecule has 4 fully saturated rings. The molecule has 2 N–H and O–H groups in total. The van der Waals surface area contributed by atoms with Gasteiger partial charge < -0.3 is 10.2 Å². The molecule has 0 amide bonds. The van der Waals surface area contributed by atoms with Crippen LogP contribution in [0.25, 0.3) is 0 Å². The summed E-state index contributed by atoms with van der Waals surface area (Å²) in [6, 6.07) is 0. The minimum Gasteiger partial charge on any atom is -0.393 e. The van der Waals surface area contributed by atoms with Crippen LogP contribution in [-0.2, 0) is 0 Å². The van der Waals surface area contributed by atoms with Gasteiger partial charge in [-0.15, -0.1) is 5.73 Å². The first kappa shape index (κ1) is 17.8. The van der Waals surface area contributed by atoms with Gasteiger partial charge in [0.05, 0.1) is 12.2 Å². The van der Waals surface area contributed by atoms with Gasteiger partial charge in [-0.05, 0) is 104 Å². The highest BCUT2D eigenvalue weighted by Gasteiger charge is 2.60. The number of rotatable bonds is 2. The van der Waals surface area contributed by atoms with Crippen molar-refractivity contribution in [3.05, 3.63) is 18.4 Å². The fourth-order valence-corrected chi connectivity index (χ4v) is 8.07. The van der Waals surface area contributed by atoms with Gasteiger partial charge in [-0.2, -0.15) is 0 Å². The van der Waals surface area contributed by atoms with Gasteiger partial charge in [0.1, 0.15) is 0 Å². The average Bonchev–Trinajstić information content (AvgIpc) is 2.93. The molecule has 4 aliphatic rings. The third kappa shape index (κ3) is 2.59. The number of hydrogen-bond donors (Lipinski definition) is 2. The summed E-state index contributed by atoms with van der Waals surface area (Å²) in [6.45, 7) is 8.67. The first-order chi connectivity index (χ1) is 11.9. The van der Waals surface area contributed by atoms with E-state index in [1.54, 1.807) is 6.08 Å². The number of hydrogen-bond acceptors (Lipinski definition) is 2. The van der Waals surface area contributed by atoms with Crippen LogP contribution in [0.2, 0.25) is 0 Å². The molecule has 0 aromatic carbocycles. The predicted octanol–water partition coefficient (Wildman–Crippen LogP) is 4.71. The summed E-state index contributed by atoms with van der Waals surface area (Å²) in [5, 5.41) is 20.8. The Kier molecular flexibility index (Phi) is 4.46. The molecule has 25 heavy (non-hydrogen) atoms. The summed E-state index contributed by atoms with van der Waals surface area (Å²) in [4.78, 5) is 0. The molecular formula is C23H36O2. The van der Waals surface area contributed by atoms with Crippen LogP contribution >= 0.6 is 0 Å². The molecule has 0 unspecified atom stereocenters. The highest BCUT2D eigenvalue weighted by atomic mass is 16.3. The predicted molar refractivity (Wildman–Crippen MR) is 101 cm³/mol. The lowest BCUT2D eigenvalue weighted by molar-refractivity contribution is -0.131. The first-order valence-electron chi connectivity index (χ1n) is 10.6. The van der Waals surface area contributed by atoms with E-state index in [0.29, 0.717) is 11.3 Å². The lowest BCUT2D eigenvalue weighted by Crippen LogP contribution is -2.54. The van der Waals surface area contributed by atoms with E-state index in [1.807, 2.05) is 0 Å². The molecule has 0 spiro atoms. The molecule has 0 heterocycles. The van der Waals surface area contributed by atoms with Crippen LogP contribution in [0.5, 0.6) is 0 Å². The Morgan fingerprint density at radius 1 is 1.00 bits per heavy atom. The smallest absolute Gasteiger partial charge is 0.0827 e. The Hall–Kier alpha value is -0.560. The minimum absolute atomic E-state index is 0.0554. The minimum atomic E-state index is -0.374. The van der Waals surface area contributed by atoms with E-state index in [2.05, 4.69) is 26.2 Å². The highest BCUT2D eigenvalue weighted by molar-refractivity contribution is 5.11. The van der Waals surface area contributed by atoms with Crippen LogP contribution in [0.3, 0.4) is 0 Å². The normalized spacial score (nSPS) is 53.1. The summed E-state index contributed by atoms with van der Waals surface area (Å²) >= 11 is 0. The Balaban J connectivity index is 1.59. The molecule has 0 saturated heterocycles. The first-order valence-corrected chi connectivity index (χ1v) is 10.6. The lowest BCUT2D eigenvalue weighted by atomic mass is 9.44. The zero-order valence-corrected chi connectivity index (χ0v) is 16.1. The molecule has 140 valence electrons. The van der Waals surface area contributed by atoms with Crippen molar-refractivity contribution in [3.63, 3.8) is 0 Å². The van der Waals surface area contributed by atoms with Gasteiger partial charge in [-0.25, -0.2) is 0 Å². The number of aliphatic hydroxyl groups is 2. The van der Waals surface area contributed by atoms with E-state index < -0.39 is 0 Å². The van der Waals surface area contributed by atoms with Crippen LogP contribution in [-0.4, -0.2) is 22.4 Å². The Labute approximate surface area is 153 Å². The topological polar surface area (TPSA) is 40.5 Å². The molecule has 2 nitrogen and oxygen atoms in total. The summed E-state index contributed by atoms with van der Waals surface area (Å²) in [5.74, 6) is 3.55. The highest BCUT2D eigenvalue weighted by Crippen LogP contribution is 2.67. The van der Waals surface area contributed by atoms with Gasteiger partial charge in [0, 0.05) is 0 Å². The van der Waals surface area contributed by atoms with Gasteiger partial charge in [-0.3, -0.25) is 0 Å². The average molecular weight is 345 g/mol. The zero-order chi connectivity index (χ0) is 17.8. The molecule has 4 rings (SSSR count). The maximum Gasteiger partial charge on any atom is 0.0827 e. The molecule has 2 heteroatoms. The van der Waals surface area contributed by atoms with Gasteiger partial charge >= 0.3 is 0 Å². The molecule has 0 aromatic rings. The number of aliphatic hydroxyl groups excluding tert-OH is 2. The second-order valence-electron chi connectivity index (χ2n) is 10.2. The molecule has 0 bridgehead atoms. The Morgan fingerprint density at radius 2 is 1.72 bits per heavy atom. The van der Waals surface area contributed by atoms with E-state index >= 15 is 0 Å². The molecule has 0 aromatic heterocycles. The van der Waals surface area contributed by atoms with E-state index in [0.717, 1.165) is 42.9 Å². The van der Waals surface area contributed by atoms with E-state index in [1.165, 1.54) is 38.5 Å². The SMILES string of the molecule is C=C=C[C@@H](O)[C@H]1CC[C@H]2[C@@H]3CC[C@H]4C[C@H](O)CC[C@]4(C)[C@H]3CC[C@]12C. The summed E-state index contributed by atoms with van der Waals surface area (Å²) in [7, 11) is 0. The van der Waals surface area contributed by atoms with Crippen molar-refractivity contribution >= 4 is 0 Å². The monoisotopic (exact) mass is 344 g/mol. The summed E-state index contributed by atoms with van der Waals surface area (Å²) in [5.41, 5.74) is 3.54. The van der Waals surface area contributed by atoms with Crippen molar-refractivity contribution in [1.82, 2.24) is 0 Å². The van der Waals surface area contributed by atoms with Crippen molar-refractivity contribution < 1.29 is 10.2 Å².